The van der Waals surface area contributed by atoms with Gasteiger partial charge >= 0.3 is 0 Å². The number of amides is 1. The molecule has 8 nitrogen and oxygen atoms in total. The van der Waals surface area contributed by atoms with Gasteiger partial charge in [-0.25, -0.2) is 0 Å². The van der Waals surface area contributed by atoms with Gasteiger partial charge in [0, 0.05) is 37.1 Å². The Morgan fingerprint density at radius 1 is 1.30 bits per heavy atom. The summed E-state index contributed by atoms with van der Waals surface area (Å²) in [5.74, 6) is 1.45. The van der Waals surface area contributed by atoms with E-state index < -0.39 is 0 Å². The Kier molecular flexibility index (Phi) is 4.05. The molecule has 0 radical (unpaired) electrons. The van der Waals surface area contributed by atoms with E-state index in [1.807, 2.05) is 33.5 Å². The second kappa shape index (κ2) is 6.58. The minimum Gasteiger partial charge on any atom is -0.381 e. The van der Waals surface area contributed by atoms with E-state index in [-0.39, 0.29) is 11.8 Å². The Morgan fingerprint density at radius 2 is 2.15 bits per heavy atom. The van der Waals surface area contributed by atoms with E-state index in [0.717, 1.165) is 48.7 Å². The molecule has 2 aliphatic heterocycles. The molecule has 0 N–H and O–H groups in total. The molecular weight excluding hydrogens is 366 g/mol. The molecule has 0 unspecified atom stereocenters. The topological polar surface area (TPSA) is 86.3 Å². The fraction of sp³-hybridized carbons (Fsp3) is 0.444. The first-order chi connectivity index (χ1) is 13.2. The lowest BCUT2D eigenvalue weighted by atomic mass is 10.00. The van der Waals surface area contributed by atoms with Crippen molar-refractivity contribution in [2.24, 2.45) is 7.05 Å². The fourth-order valence-corrected chi connectivity index (χ4v) is 4.36. The van der Waals surface area contributed by atoms with E-state index in [0.29, 0.717) is 24.7 Å². The van der Waals surface area contributed by atoms with Gasteiger partial charge in [0.25, 0.3) is 11.8 Å². The summed E-state index contributed by atoms with van der Waals surface area (Å²) in [6, 6.07) is 1.85. The molecule has 3 aromatic rings. The molecule has 0 spiro atoms. The summed E-state index contributed by atoms with van der Waals surface area (Å²) in [5.41, 5.74) is 3.41. The molecule has 5 heterocycles. The summed E-state index contributed by atoms with van der Waals surface area (Å²) >= 11 is 1.52. The number of hydrogen-bond donors (Lipinski definition) is 0. The van der Waals surface area contributed by atoms with Crippen molar-refractivity contribution in [2.75, 3.05) is 13.2 Å². The second-order valence-corrected chi connectivity index (χ2v) is 7.70. The lowest BCUT2D eigenvalue weighted by Crippen LogP contribution is -2.25. The lowest BCUT2D eigenvalue weighted by molar-refractivity contribution is 0.0749. The van der Waals surface area contributed by atoms with E-state index in [9.17, 15) is 4.79 Å². The zero-order valence-corrected chi connectivity index (χ0v) is 15.7. The van der Waals surface area contributed by atoms with Crippen LogP contribution in [0.2, 0.25) is 0 Å². The van der Waals surface area contributed by atoms with Crippen molar-refractivity contribution < 1.29 is 14.1 Å². The first-order valence-electron chi connectivity index (χ1n) is 8.98. The number of thiophene rings is 1. The van der Waals surface area contributed by atoms with Gasteiger partial charge in [-0.05, 0) is 24.3 Å². The first kappa shape index (κ1) is 16.6. The largest absolute Gasteiger partial charge is 0.381 e. The number of rotatable bonds is 3. The van der Waals surface area contributed by atoms with Crippen LogP contribution >= 0.6 is 11.3 Å². The maximum Gasteiger partial charge on any atom is 0.278 e. The predicted octanol–water partition coefficient (Wildman–Crippen LogP) is 2.58. The molecular formula is C18H19N5O3S. The highest BCUT2D eigenvalue weighted by molar-refractivity contribution is 7.08. The second-order valence-electron chi connectivity index (χ2n) is 6.92. The Hall–Kier alpha value is -2.52. The van der Waals surface area contributed by atoms with E-state index in [1.54, 1.807) is 0 Å². The van der Waals surface area contributed by atoms with Gasteiger partial charge in [-0.2, -0.15) is 21.4 Å². The molecule has 0 aliphatic carbocycles. The van der Waals surface area contributed by atoms with Gasteiger partial charge in [-0.15, -0.1) is 0 Å². The molecule has 0 aromatic carbocycles. The minimum absolute atomic E-state index is 0.0341. The molecule has 0 bridgehead atoms. The Labute approximate surface area is 159 Å². The van der Waals surface area contributed by atoms with Crippen LogP contribution in [0.1, 0.15) is 46.2 Å². The average molecular weight is 385 g/mol. The third kappa shape index (κ3) is 2.87. The molecule has 1 saturated heterocycles. The lowest BCUT2D eigenvalue weighted by Gasteiger charge is -2.18. The summed E-state index contributed by atoms with van der Waals surface area (Å²) in [4.78, 5) is 19.1. The molecule has 27 heavy (non-hydrogen) atoms. The van der Waals surface area contributed by atoms with E-state index >= 15 is 0 Å². The van der Waals surface area contributed by atoms with E-state index in [1.165, 1.54) is 11.3 Å². The van der Waals surface area contributed by atoms with Crippen molar-refractivity contribution in [3.63, 3.8) is 0 Å². The minimum atomic E-state index is 0.0341. The number of ether oxygens (including phenoxy) is 1. The van der Waals surface area contributed by atoms with Gasteiger partial charge in [-0.3, -0.25) is 9.48 Å². The molecule has 0 saturated carbocycles. The fourth-order valence-electron chi connectivity index (χ4n) is 3.73. The molecule has 1 fully saturated rings. The number of aromatic nitrogens is 4. The van der Waals surface area contributed by atoms with Crippen LogP contribution in [0.5, 0.6) is 0 Å². The van der Waals surface area contributed by atoms with Crippen molar-refractivity contribution in [1.82, 2.24) is 24.8 Å². The summed E-state index contributed by atoms with van der Waals surface area (Å²) in [7, 11) is 1.89. The number of carbonyl (C=O) groups excluding carboxylic acids is 1. The van der Waals surface area contributed by atoms with Crippen LogP contribution < -0.4 is 0 Å². The summed E-state index contributed by atoms with van der Waals surface area (Å²) in [5, 5.41) is 12.5. The molecule has 2 aliphatic rings. The summed E-state index contributed by atoms with van der Waals surface area (Å²) in [6.07, 6.45) is 1.81. The molecule has 0 atom stereocenters. The number of carbonyl (C=O) groups is 1. The van der Waals surface area contributed by atoms with Crippen molar-refractivity contribution in [3.8, 4) is 11.6 Å². The summed E-state index contributed by atoms with van der Waals surface area (Å²) in [6.45, 7) is 2.50. The van der Waals surface area contributed by atoms with Gasteiger partial charge in [-0.1, -0.05) is 5.16 Å². The van der Waals surface area contributed by atoms with E-state index in [2.05, 4.69) is 15.2 Å². The maximum absolute atomic E-state index is 12.7. The zero-order chi connectivity index (χ0) is 18.4. The van der Waals surface area contributed by atoms with Crippen molar-refractivity contribution in [2.45, 2.75) is 31.8 Å². The first-order valence-corrected chi connectivity index (χ1v) is 9.93. The van der Waals surface area contributed by atoms with Crippen molar-refractivity contribution >= 4 is 17.2 Å². The van der Waals surface area contributed by atoms with Gasteiger partial charge in [0.2, 0.25) is 0 Å². The third-order valence-corrected chi connectivity index (χ3v) is 5.93. The monoisotopic (exact) mass is 385 g/mol. The predicted molar refractivity (Wildman–Crippen MR) is 97.2 cm³/mol. The van der Waals surface area contributed by atoms with Crippen LogP contribution in [0, 0.1) is 0 Å². The molecule has 5 rings (SSSR count). The highest BCUT2D eigenvalue weighted by Gasteiger charge is 2.33. The molecule has 3 aromatic heterocycles. The highest BCUT2D eigenvalue weighted by atomic mass is 32.1. The van der Waals surface area contributed by atoms with Crippen LogP contribution in [0.15, 0.2) is 21.3 Å². The normalized spacial score (nSPS) is 17.4. The summed E-state index contributed by atoms with van der Waals surface area (Å²) < 4.78 is 12.7. The zero-order valence-electron chi connectivity index (χ0n) is 14.9. The van der Waals surface area contributed by atoms with Gasteiger partial charge in [0.05, 0.1) is 24.3 Å². The average Bonchev–Trinajstić information content (AvgIpc) is 3.48. The third-order valence-electron chi connectivity index (χ3n) is 5.25. The molecule has 1 amide bonds. The van der Waals surface area contributed by atoms with Crippen LogP contribution in [0.3, 0.4) is 0 Å². The number of aryl methyl sites for hydroxylation is 1. The van der Waals surface area contributed by atoms with Crippen molar-refractivity contribution in [3.05, 3.63) is 39.5 Å². The van der Waals surface area contributed by atoms with Crippen LogP contribution in [0.4, 0.5) is 0 Å². The Bertz CT molecular complexity index is 971. The smallest absolute Gasteiger partial charge is 0.278 e. The standard InChI is InChI=1S/C18H19N5O3S/c1-22-14-9-23(18(24)12-4-7-27-10-12)8-13(14)15(20-22)17-19-16(21-26-17)11-2-5-25-6-3-11/h4,7,10-11H,2-3,5-6,8-9H2,1H3. The van der Waals surface area contributed by atoms with Gasteiger partial charge in [0.1, 0.15) is 0 Å². The van der Waals surface area contributed by atoms with Crippen molar-refractivity contribution in [1.29, 1.82) is 0 Å². The van der Waals surface area contributed by atoms with Crippen LogP contribution in [-0.4, -0.2) is 43.9 Å². The van der Waals surface area contributed by atoms with E-state index in [4.69, 9.17) is 9.26 Å². The highest BCUT2D eigenvalue weighted by Crippen LogP contribution is 2.33. The Balaban J connectivity index is 1.41. The molecule has 9 heteroatoms. The quantitative estimate of drug-likeness (QED) is 0.689. The van der Waals surface area contributed by atoms with Crippen LogP contribution in [0.25, 0.3) is 11.6 Å². The Morgan fingerprint density at radius 3 is 2.93 bits per heavy atom. The van der Waals surface area contributed by atoms with Crippen LogP contribution in [-0.2, 0) is 24.9 Å². The maximum atomic E-state index is 12.7. The number of fused-ring (bicyclic) bond motifs is 1. The van der Waals surface area contributed by atoms with Gasteiger partial charge < -0.3 is 14.2 Å². The number of nitrogens with zero attached hydrogens (tertiary/aromatic N) is 5. The van der Waals surface area contributed by atoms with Gasteiger partial charge in [0.15, 0.2) is 11.5 Å². The molecule has 140 valence electrons. The number of hydrogen-bond acceptors (Lipinski definition) is 7. The SMILES string of the molecule is Cn1nc(-c2nc(C3CCOCC3)no2)c2c1CN(C(=O)c1ccsc1)C2.